The number of Topliss-reactive ketones (excluding diaryl/α,β-unsaturated/α-hetero) is 1. The van der Waals surface area contributed by atoms with E-state index >= 15 is 0 Å². The van der Waals surface area contributed by atoms with Crippen LogP contribution in [0.15, 0.2) is 30.3 Å². The molecule has 1 heterocycles. The zero-order chi connectivity index (χ0) is 13.7. The fourth-order valence-electron chi connectivity index (χ4n) is 2.29. The summed E-state index contributed by atoms with van der Waals surface area (Å²) in [4.78, 5) is 25.3. The maximum absolute atomic E-state index is 11.8. The minimum absolute atomic E-state index is 0.0189. The topological polar surface area (TPSA) is 49.4 Å². The lowest BCUT2D eigenvalue weighted by Gasteiger charge is -2.29. The van der Waals surface area contributed by atoms with Crippen LogP contribution in [0.25, 0.3) is 0 Å². The van der Waals surface area contributed by atoms with E-state index in [2.05, 4.69) is 5.32 Å². The molecule has 0 radical (unpaired) electrons. The molecular weight excluding hydrogens is 240 g/mol. The van der Waals surface area contributed by atoms with Crippen LogP contribution in [-0.4, -0.2) is 36.2 Å². The molecule has 1 amide bonds. The van der Waals surface area contributed by atoms with Crippen LogP contribution in [0.1, 0.15) is 18.9 Å². The van der Waals surface area contributed by atoms with Crippen molar-refractivity contribution in [1.82, 2.24) is 10.2 Å². The van der Waals surface area contributed by atoms with Gasteiger partial charge < -0.3 is 5.32 Å². The van der Waals surface area contributed by atoms with E-state index in [1.807, 2.05) is 42.2 Å². The Bertz CT molecular complexity index is 445. The Hall–Kier alpha value is -1.68. The Balaban J connectivity index is 1.74. The first-order chi connectivity index (χ1) is 9.15. The summed E-state index contributed by atoms with van der Waals surface area (Å²) in [7, 11) is 0. The monoisotopic (exact) mass is 260 g/mol. The number of hydrogen-bond donors (Lipinski definition) is 1. The molecular formula is C15H20N2O2. The van der Waals surface area contributed by atoms with Crippen molar-refractivity contribution in [3.8, 4) is 0 Å². The molecule has 1 atom stereocenters. The van der Waals surface area contributed by atoms with Gasteiger partial charge in [-0.1, -0.05) is 37.3 Å². The fraction of sp³-hybridized carbons (Fsp3) is 0.467. The molecule has 1 aromatic rings. The number of nitrogens with one attached hydrogen (secondary N) is 1. The summed E-state index contributed by atoms with van der Waals surface area (Å²) < 4.78 is 0. The molecule has 0 aliphatic carbocycles. The second kappa shape index (κ2) is 6.48. The molecule has 1 saturated heterocycles. The second-order valence-corrected chi connectivity index (χ2v) is 5.11. The zero-order valence-corrected chi connectivity index (χ0v) is 11.3. The van der Waals surface area contributed by atoms with Gasteiger partial charge in [-0.15, -0.1) is 0 Å². The van der Waals surface area contributed by atoms with Gasteiger partial charge in [0.25, 0.3) is 0 Å². The van der Waals surface area contributed by atoms with E-state index in [1.54, 1.807) is 0 Å². The third-order valence-electron chi connectivity index (χ3n) is 3.46. The van der Waals surface area contributed by atoms with E-state index in [1.165, 1.54) is 0 Å². The molecule has 0 saturated carbocycles. The van der Waals surface area contributed by atoms with Crippen molar-refractivity contribution in [2.45, 2.75) is 19.9 Å². The highest BCUT2D eigenvalue weighted by atomic mass is 16.2. The molecule has 102 valence electrons. The number of benzene rings is 1. The Kier molecular flexibility index (Phi) is 4.68. The predicted molar refractivity (Wildman–Crippen MR) is 73.5 cm³/mol. The average molecular weight is 260 g/mol. The van der Waals surface area contributed by atoms with Crippen molar-refractivity contribution < 1.29 is 9.59 Å². The van der Waals surface area contributed by atoms with Crippen LogP contribution >= 0.6 is 0 Å². The second-order valence-electron chi connectivity index (χ2n) is 5.11. The lowest BCUT2D eigenvalue weighted by Crippen LogP contribution is -2.44. The Morgan fingerprint density at radius 3 is 2.79 bits per heavy atom. The van der Waals surface area contributed by atoms with Gasteiger partial charge in [-0.25, -0.2) is 0 Å². The van der Waals surface area contributed by atoms with E-state index in [-0.39, 0.29) is 11.8 Å². The predicted octanol–water partition coefficient (Wildman–Crippen LogP) is 1.21. The Morgan fingerprint density at radius 2 is 2.11 bits per heavy atom. The third kappa shape index (κ3) is 4.17. The third-order valence-corrected chi connectivity index (χ3v) is 3.46. The average Bonchev–Trinajstić information content (AvgIpc) is 2.42. The lowest BCUT2D eigenvalue weighted by atomic mass is 9.99. The first-order valence-corrected chi connectivity index (χ1v) is 6.71. The summed E-state index contributed by atoms with van der Waals surface area (Å²) in [6.07, 6.45) is 0.563. The number of carbonyl (C=O) groups is 2. The van der Waals surface area contributed by atoms with Crippen LogP contribution in [-0.2, 0) is 16.1 Å². The van der Waals surface area contributed by atoms with Crippen LogP contribution in [0.2, 0.25) is 0 Å². The number of amides is 1. The zero-order valence-electron chi connectivity index (χ0n) is 11.3. The highest BCUT2D eigenvalue weighted by Gasteiger charge is 2.24. The van der Waals surface area contributed by atoms with Crippen molar-refractivity contribution >= 4 is 11.7 Å². The van der Waals surface area contributed by atoms with E-state index in [0.717, 1.165) is 5.56 Å². The molecule has 1 aromatic carbocycles. The quantitative estimate of drug-likeness (QED) is 0.885. The molecule has 1 aliphatic rings. The molecule has 0 spiro atoms. The van der Waals surface area contributed by atoms with Gasteiger partial charge >= 0.3 is 0 Å². The van der Waals surface area contributed by atoms with Crippen molar-refractivity contribution in [2.75, 3.05) is 19.6 Å². The van der Waals surface area contributed by atoms with Crippen LogP contribution in [0, 0.1) is 5.92 Å². The number of nitrogens with zero attached hydrogens (tertiary/aromatic N) is 1. The molecule has 1 fully saturated rings. The standard InChI is InChI=1S/C15H20N2O2/c1-12-10-17(8-7-14(12)18)11-15(19)16-9-13-5-3-2-4-6-13/h2-6,12H,7-11H2,1H3,(H,16,19). The van der Waals surface area contributed by atoms with Gasteiger partial charge in [0.15, 0.2) is 0 Å². The van der Waals surface area contributed by atoms with Gasteiger partial charge in [-0.05, 0) is 5.56 Å². The van der Waals surface area contributed by atoms with Gasteiger partial charge in [-0.2, -0.15) is 0 Å². The number of likely N-dealkylation sites (tertiary alicyclic amines) is 1. The number of carbonyl (C=O) groups excluding carboxylic acids is 2. The number of piperidine rings is 1. The van der Waals surface area contributed by atoms with Crippen LogP contribution in [0.5, 0.6) is 0 Å². The summed E-state index contributed by atoms with van der Waals surface area (Å²) in [5, 5.41) is 2.91. The maximum atomic E-state index is 11.8. The van der Waals surface area contributed by atoms with Gasteiger partial charge in [0.1, 0.15) is 5.78 Å². The summed E-state index contributed by atoms with van der Waals surface area (Å²) in [5.41, 5.74) is 1.10. The number of rotatable bonds is 4. The number of ketones is 1. The van der Waals surface area contributed by atoms with Crippen molar-refractivity contribution in [2.24, 2.45) is 5.92 Å². The highest BCUT2D eigenvalue weighted by molar-refractivity contribution is 5.82. The first-order valence-electron chi connectivity index (χ1n) is 6.71. The normalized spacial score (nSPS) is 20.3. The molecule has 1 unspecified atom stereocenters. The summed E-state index contributed by atoms with van der Waals surface area (Å²) >= 11 is 0. The fourth-order valence-corrected chi connectivity index (χ4v) is 2.29. The van der Waals surface area contributed by atoms with Gasteiger partial charge in [0.05, 0.1) is 6.54 Å². The molecule has 2 rings (SSSR count). The summed E-state index contributed by atoms with van der Waals surface area (Å²) in [5.74, 6) is 0.377. The van der Waals surface area contributed by atoms with Crippen molar-refractivity contribution in [3.05, 3.63) is 35.9 Å². The lowest BCUT2D eigenvalue weighted by molar-refractivity contribution is -0.129. The van der Waals surface area contributed by atoms with Crippen LogP contribution in [0.3, 0.4) is 0 Å². The van der Waals surface area contributed by atoms with E-state index in [4.69, 9.17) is 0 Å². The largest absolute Gasteiger partial charge is 0.351 e. The summed E-state index contributed by atoms with van der Waals surface area (Å²) in [6, 6.07) is 9.85. The van der Waals surface area contributed by atoms with Crippen molar-refractivity contribution in [1.29, 1.82) is 0 Å². The highest BCUT2D eigenvalue weighted by Crippen LogP contribution is 2.11. The van der Waals surface area contributed by atoms with E-state index in [9.17, 15) is 9.59 Å². The van der Waals surface area contributed by atoms with Crippen LogP contribution in [0.4, 0.5) is 0 Å². The molecule has 4 nitrogen and oxygen atoms in total. The van der Waals surface area contributed by atoms with Crippen molar-refractivity contribution in [3.63, 3.8) is 0 Å². The van der Waals surface area contributed by atoms with Gasteiger partial charge in [-0.3, -0.25) is 14.5 Å². The summed E-state index contributed by atoms with van der Waals surface area (Å²) in [6.45, 7) is 4.25. The van der Waals surface area contributed by atoms with Gasteiger partial charge in [0.2, 0.25) is 5.91 Å². The van der Waals surface area contributed by atoms with Gasteiger partial charge in [0, 0.05) is 32.0 Å². The molecule has 0 aromatic heterocycles. The smallest absolute Gasteiger partial charge is 0.234 e. The SMILES string of the molecule is CC1CN(CC(=O)NCc2ccccc2)CCC1=O. The maximum Gasteiger partial charge on any atom is 0.234 e. The van der Waals surface area contributed by atoms with E-state index in [0.29, 0.717) is 38.4 Å². The number of hydrogen-bond acceptors (Lipinski definition) is 3. The Labute approximate surface area is 113 Å². The molecule has 19 heavy (non-hydrogen) atoms. The molecule has 1 N–H and O–H groups in total. The molecule has 4 heteroatoms. The molecule has 1 aliphatic heterocycles. The minimum atomic E-state index is 0.0189. The van der Waals surface area contributed by atoms with Crippen LogP contribution < -0.4 is 5.32 Å². The minimum Gasteiger partial charge on any atom is -0.351 e. The van der Waals surface area contributed by atoms with E-state index < -0.39 is 0 Å². The molecule has 0 bridgehead atoms. The Morgan fingerprint density at radius 1 is 1.37 bits per heavy atom. The first kappa shape index (κ1) is 13.7.